The molecule has 2 aromatic rings. The van der Waals surface area contributed by atoms with E-state index in [4.69, 9.17) is 0 Å². The standard InChI is InChI=1S/C22H26F3N3O2/c1-4-11-28(13-19(29)26-18-10-9-17(23)21(24)22(18)25)14-20(30)27(3)12-16-8-6-5-7-15(16)2/h5-10H,4,11-14H2,1-3H3,(H,26,29). The highest BCUT2D eigenvalue weighted by molar-refractivity contribution is 5.92. The molecule has 0 aliphatic heterocycles. The van der Waals surface area contributed by atoms with E-state index in [0.717, 1.165) is 23.3 Å². The van der Waals surface area contributed by atoms with E-state index in [0.29, 0.717) is 19.5 Å². The van der Waals surface area contributed by atoms with E-state index in [1.165, 1.54) is 0 Å². The van der Waals surface area contributed by atoms with Gasteiger partial charge in [-0.05, 0) is 43.1 Å². The molecule has 162 valence electrons. The van der Waals surface area contributed by atoms with Gasteiger partial charge in [0, 0.05) is 13.6 Å². The van der Waals surface area contributed by atoms with E-state index < -0.39 is 29.0 Å². The Bertz CT molecular complexity index is 905. The van der Waals surface area contributed by atoms with Crippen LogP contribution in [0.5, 0.6) is 0 Å². The average Bonchev–Trinajstić information content (AvgIpc) is 2.70. The van der Waals surface area contributed by atoms with Crippen molar-refractivity contribution in [3.05, 3.63) is 65.0 Å². The zero-order chi connectivity index (χ0) is 22.3. The van der Waals surface area contributed by atoms with Crippen molar-refractivity contribution in [3.63, 3.8) is 0 Å². The molecule has 5 nitrogen and oxygen atoms in total. The maximum Gasteiger partial charge on any atom is 0.238 e. The molecule has 0 saturated carbocycles. The summed E-state index contributed by atoms with van der Waals surface area (Å²) in [6, 6.07) is 9.45. The van der Waals surface area contributed by atoms with Crippen LogP contribution in [-0.4, -0.2) is 48.3 Å². The molecule has 2 amide bonds. The molecular weight excluding hydrogens is 395 g/mol. The van der Waals surface area contributed by atoms with Crippen LogP contribution in [0, 0.1) is 24.4 Å². The van der Waals surface area contributed by atoms with Gasteiger partial charge in [-0.3, -0.25) is 14.5 Å². The molecule has 0 saturated heterocycles. The summed E-state index contributed by atoms with van der Waals surface area (Å²) in [5.41, 5.74) is 1.66. The lowest BCUT2D eigenvalue weighted by Gasteiger charge is -2.25. The van der Waals surface area contributed by atoms with Crippen molar-refractivity contribution in [1.29, 1.82) is 0 Å². The topological polar surface area (TPSA) is 52.7 Å². The normalized spacial score (nSPS) is 10.9. The molecule has 0 aliphatic carbocycles. The number of rotatable bonds is 9. The van der Waals surface area contributed by atoms with Gasteiger partial charge < -0.3 is 10.2 Å². The molecule has 8 heteroatoms. The molecule has 1 N–H and O–H groups in total. The zero-order valence-corrected chi connectivity index (χ0v) is 17.3. The number of hydrogen-bond donors (Lipinski definition) is 1. The summed E-state index contributed by atoms with van der Waals surface area (Å²) in [5, 5.41) is 2.23. The lowest BCUT2D eigenvalue weighted by molar-refractivity contribution is -0.132. The fourth-order valence-electron chi connectivity index (χ4n) is 2.99. The van der Waals surface area contributed by atoms with Crippen molar-refractivity contribution in [3.8, 4) is 0 Å². The Hall–Kier alpha value is -2.87. The maximum absolute atomic E-state index is 13.8. The first-order valence-corrected chi connectivity index (χ1v) is 9.67. The fraction of sp³-hybridized carbons (Fsp3) is 0.364. The van der Waals surface area contributed by atoms with Crippen molar-refractivity contribution in [2.45, 2.75) is 26.8 Å². The Balaban J connectivity index is 1.98. The minimum atomic E-state index is -1.65. The molecule has 0 aromatic heterocycles. The monoisotopic (exact) mass is 421 g/mol. The minimum absolute atomic E-state index is 0.00387. The van der Waals surface area contributed by atoms with Gasteiger partial charge in [-0.2, -0.15) is 0 Å². The van der Waals surface area contributed by atoms with Gasteiger partial charge in [0.1, 0.15) is 0 Å². The van der Waals surface area contributed by atoms with Gasteiger partial charge >= 0.3 is 0 Å². The highest BCUT2D eigenvalue weighted by Crippen LogP contribution is 2.19. The Morgan fingerprint density at radius 1 is 1.00 bits per heavy atom. The van der Waals surface area contributed by atoms with Gasteiger partial charge in [0.15, 0.2) is 17.5 Å². The number of carbonyl (C=O) groups is 2. The number of nitrogens with zero attached hydrogens (tertiary/aromatic N) is 2. The SMILES string of the molecule is CCCN(CC(=O)Nc1ccc(F)c(F)c1F)CC(=O)N(C)Cc1ccccc1C. The second kappa shape index (κ2) is 10.8. The van der Waals surface area contributed by atoms with E-state index in [1.807, 2.05) is 38.1 Å². The van der Waals surface area contributed by atoms with Crippen LogP contribution >= 0.6 is 0 Å². The third-order valence-corrected chi connectivity index (χ3v) is 4.67. The summed E-state index contributed by atoms with van der Waals surface area (Å²) >= 11 is 0. The second-order valence-electron chi connectivity index (χ2n) is 7.16. The summed E-state index contributed by atoms with van der Waals surface area (Å²) < 4.78 is 40.1. The second-order valence-corrected chi connectivity index (χ2v) is 7.16. The summed E-state index contributed by atoms with van der Waals surface area (Å²) in [7, 11) is 1.69. The van der Waals surface area contributed by atoms with Gasteiger partial charge in [-0.15, -0.1) is 0 Å². The molecule has 0 fully saturated rings. The first kappa shape index (κ1) is 23.4. The summed E-state index contributed by atoms with van der Waals surface area (Å²) in [4.78, 5) is 28.1. The molecule has 30 heavy (non-hydrogen) atoms. The number of nitrogens with one attached hydrogen (secondary N) is 1. The first-order valence-electron chi connectivity index (χ1n) is 9.67. The van der Waals surface area contributed by atoms with Crippen LogP contribution in [0.3, 0.4) is 0 Å². The van der Waals surface area contributed by atoms with Crippen LogP contribution in [0.2, 0.25) is 0 Å². The minimum Gasteiger partial charge on any atom is -0.340 e. The van der Waals surface area contributed by atoms with Crippen LogP contribution in [-0.2, 0) is 16.1 Å². The van der Waals surface area contributed by atoms with Gasteiger partial charge in [-0.25, -0.2) is 13.2 Å². The quantitative estimate of drug-likeness (QED) is 0.628. The summed E-state index contributed by atoms with van der Waals surface area (Å²) in [6.07, 6.45) is 0.696. The number of amides is 2. The third-order valence-electron chi connectivity index (χ3n) is 4.67. The van der Waals surface area contributed by atoms with Gasteiger partial charge in [-0.1, -0.05) is 31.2 Å². The fourth-order valence-corrected chi connectivity index (χ4v) is 2.99. The Labute approximate surface area is 174 Å². The number of aryl methyl sites for hydroxylation is 1. The molecule has 0 aliphatic rings. The van der Waals surface area contributed by atoms with Crippen LogP contribution in [0.15, 0.2) is 36.4 Å². The van der Waals surface area contributed by atoms with Crippen molar-refractivity contribution in [2.24, 2.45) is 0 Å². The van der Waals surface area contributed by atoms with Crippen molar-refractivity contribution in [1.82, 2.24) is 9.80 Å². The number of anilines is 1. The Kier molecular flexibility index (Phi) is 8.41. The van der Waals surface area contributed by atoms with Gasteiger partial charge in [0.05, 0.1) is 18.8 Å². The van der Waals surface area contributed by atoms with Crippen molar-refractivity contribution in [2.75, 3.05) is 32.0 Å². The van der Waals surface area contributed by atoms with Crippen LogP contribution in [0.1, 0.15) is 24.5 Å². The molecule has 2 aromatic carbocycles. The van der Waals surface area contributed by atoms with Crippen molar-refractivity contribution >= 4 is 17.5 Å². The van der Waals surface area contributed by atoms with Gasteiger partial charge in [0.2, 0.25) is 11.8 Å². The predicted octanol–water partition coefficient (Wildman–Crippen LogP) is 3.72. The average molecular weight is 421 g/mol. The zero-order valence-electron chi connectivity index (χ0n) is 17.3. The highest BCUT2D eigenvalue weighted by Gasteiger charge is 2.19. The lowest BCUT2D eigenvalue weighted by atomic mass is 10.1. The van der Waals surface area contributed by atoms with E-state index in [9.17, 15) is 22.8 Å². The summed E-state index contributed by atoms with van der Waals surface area (Å²) in [5.74, 6) is -5.23. The molecule has 0 atom stereocenters. The lowest BCUT2D eigenvalue weighted by Crippen LogP contribution is -2.42. The molecule has 0 heterocycles. The number of hydrogen-bond acceptors (Lipinski definition) is 3. The van der Waals surface area contributed by atoms with Crippen LogP contribution in [0.25, 0.3) is 0 Å². The number of halogens is 3. The Morgan fingerprint density at radius 2 is 1.70 bits per heavy atom. The number of carbonyl (C=O) groups excluding carboxylic acids is 2. The van der Waals surface area contributed by atoms with E-state index in [-0.39, 0.29) is 19.0 Å². The van der Waals surface area contributed by atoms with E-state index >= 15 is 0 Å². The van der Waals surface area contributed by atoms with E-state index in [1.54, 1.807) is 16.8 Å². The smallest absolute Gasteiger partial charge is 0.238 e. The number of benzene rings is 2. The third kappa shape index (κ3) is 6.32. The maximum atomic E-state index is 13.8. The van der Waals surface area contributed by atoms with E-state index in [2.05, 4.69) is 5.32 Å². The molecule has 2 rings (SSSR count). The predicted molar refractivity (Wildman–Crippen MR) is 109 cm³/mol. The van der Waals surface area contributed by atoms with Gasteiger partial charge in [0.25, 0.3) is 0 Å². The largest absolute Gasteiger partial charge is 0.340 e. The summed E-state index contributed by atoms with van der Waals surface area (Å²) in [6.45, 7) is 4.61. The van der Waals surface area contributed by atoms with Crippen molar-refractivity contribution < 1.29 is 22.8 Å². The number of likely N-dealkylation sites (N-methyl/N-ethyl adjacent to an activating group) is 1. The molecule has 0 unspecified atom stereocenters. The van der Waals surface area contributed by atoms with Crippen LogP contribution < -0.4 is 5.32 Å². The molecule has 0 spiro atoms. The van der Waals surface area contributed by atoms with Crippen LogP contribution in [0.4, 0.5) is 18.9 Å². The first-order chi connectivity index (χ1) is 14.2. The molecular formula is C22H26F3N3O2. The Morgan fingerprint density at radius 3 is 2.37 bits per heavy atom. The molecule has 0 bridgehead atoms. The highest BCUT2D eigenvalue weighted by atomic mass is 19.2. The molecule has 0 radical (unpaired) electrons.